The fourth-order valence-corrected chi connectivity index (χ4v) is 2.22. The van der Waals surface area contributed by atoms with Gasteiger partial charge in [-0.1, -0.05) is 18.2 Å². The van der Waals surface area contributed by atoms with E-state index in [4.69, 9.17) is 4.74 Å². The standard InChI is InChI=1S/C15H12BrF2NO2/c1-21-15(20)14(9-6-7-11(17)10(16)8-9)19-13-5-3-2-4-12(13)18/h2-8,14,19H,1H3. The number of carbonyl (C=O) groups is 1. The number of esters is 1. The van der Waals surface area contributed by atoms with Crippen molar-refractivity contribution in [2.45, 2.75) is 6.04 Å². The highest BCUT2D eigenvalue weighted by molar-refractivity contribution is 9.10. The van der Waals surface area contributed by atoms with Gasteiger partial charge in [-0.2, -0.15) is 0 Å². The minimum atomic E-state index is -0.941. The molecule has 0 aliphatic heterocycles. The Labute approximate surface area is 129 Å². The van der Waals surface area contributed by atoms with Gasteiger partial charge in [0.05, 0.1) is 17.3 Å². The fraction of sp³-hybridized carbons (Fsp3) is 0.133. The summed E-state index contributed by atoms with van der Waals surface area (Å²) < 4.78 is 31.9. The van der Waals surface area contributed by atoms with Gasteiger partial charge in [0.25, 0.3) is 0 Å². The summed E-state index contributed by atoms with van der Waals surface area (Å²) in [5, 5.41) is 2.77. The summed E-state index contributed by atoms with van der Waals surface area (Å²) in [6, 6.07) is 9.13. The normalized spacial score (nSPS) is 11.8. The number of halogens is 3. The summed E-state index contributed by atoms with van der Waals surface area (Å²) in [6.07, 6.45) is 0. The van der Waals surface area contributed by atoms with Crippen LogP contribution in [0.5, 0.6) is 0 Å². The number of para-hydroxylation sites is 1. The van der Waals surface area contributed by atoms with Crippen LogP contribution in [0.4, 0.5) is 14.5 Å². The molecule has 21 heavy (non-hydrogen) atoms. The largest absolute Gasteiger partial charge is 0.467 e. The maximum atomic E-state index is 13.7. The van der Waals surface area contributed by atoms with Crippen LogP contribution in [0.1, 0.15) is 11.6 Å². The van der Waals surface area contributed by atoms with E-state index in [1.54, 1.807) is 12.1 Å². The van der Waals surface area contributed by atoms with Gasteiger partial charge in [-0.15, -0.1) is 0 Å². The van der Waals surface area contributed by atoms with Crippen LogP contribution in [0, 0.1) is 11.6 Å². The molecule has 0 saturated heterocycles. The Morgan fingerprint density at radius 2 is 1.90 bits per heavy atom. The molecule has 0 amide bonds. The number of carbonyl (C=O) groups excluding carboxylic acids is 1. The molecule has 0 spiro atoms. The summed E-state index contributed by atoms with van der Waals surface area (Å²) >= 11 is 3.06. The zero-order chi connectivity index (χ0) is 15.4. The molecule has 0 aromatic heterocycles. The molecule has 0 aliphatic carbocycles. The smallest absolute Gasteiger partial charge is 0.332 e. The van der Waals surface area contributed by atoms with Crippen LogP contribution in [0.25, 0.3) is 0 Å². The number of methoxy groups -OCH3 is 1. The first-order valence-corrected chi connectivity index (χ1v) is 6.86. The molecule has 0 aliphatic rings. The maximum absolute atomic E-state index is 13.7. The summed E-state index contributed by atoms with van der Waals surface area (Å²) in [6.45, 7) is 0. The molecule has 2 rings (SSSR count). The Kier molecular flexibility index (Phi) is 4.90. The third-order valence-corrected chi connectivity index (χ3v) is 3.50. The number of rotatable bonds is 4. The first-order chi connectivity index (χ1) is 10.0. The van der Waals surface area contributed by atoms with Gasteiger partial charge in [0.1, 0.15) is 11.6 Å². The van der Waals surface area contributed by atoms with E-state index in [2.05, 4.69) is 21.2 Å². The fourth-order valence-electron chi connectivity index (χ4n) is 1.82. The quantitative estimate of drug-likeness (QED) is 0.840. The molecule has 110 valence electrons. The van der Waals surface area contributed by atoms with Gasteiger partial charge >= 0.3 is 5.97 Å². The highest BCUT2D eigenvalue weighted by atomic mass is 79.9. The van der Waals surface area contributed by atoms with Crippen LogP contribution >= 0.6 is 15.9 Å². The molecule has 1 atom stereocenters. The van der Waals surface area contributed by atoms with Gasteiger partial charge in [0, 0.05) is 0 Å². The van der Waals surface area contributed by atoms with Crippen molar-refractivity contribution < 1.29 is 18.3 Å². The van der Waals surface area contributed by atoms with Crippen molar-refractivity contribution in [2.75, 3.05) is 12.4 Å². The number of ether oxygens (including phenoxy) is 1. The summed E-state index contributed by atoms with van der Waals surface area (Å²) in [5.41, 5.74) is 0.617. The van der Waals surface area contributed by atoms with Gasteiger partial charge < -0.3 is 10.1 Å². The van der Waals surface area contributed by atoms with E-state index in [0.717, 1.165) is 0 Å². The molecule has 2 aromatic rings. The predicted molar refractivity (Wildman–Crippen MR) is 78.9 cm³/mol. The van der Waals surface area contributed by atoms with Crippen LogP contribution in [-0.2, 0) is 9.53 Å². The van der Waals surface area contributed by atoms with Crippen molar-refractivity contribution in [2.24, 2.45) is 0 Å². The molecule has 0 bridgehead atoms. The Balaban J connectivity index is 2.37. The lowest BCUT2D eigenvalue weighted by Gasteiger charge is -2.18. The topological polar surface area (TPSA) is 38.3 Å². The van der Waals surface area contributed by atoms with Crippen LogP contribution in [-0.4, -0.2) is 13.1 Å². The molecule has 1 unspecified atom stereocenters. The highest BCUT2D eigenvalue weighted by Crippen LogP contribution is 2.26. The molecule has 0 heterocycles. The number of hydrogen-bond acceptors (Lipinski definition) is 3. The number of hydrogen-bond donors (Lipinski definition) is 1. The molecule has 0 radical (unpaired) electrons. The first-order valence-electron chi connectivity index (χ1n) is 6.06. The predicted octanol–water partition coefficient (Wildman–Crippen LogP) is 4.05. The molecule has 2 aromatic carbocycles. The zero-order valence-corrected chi connectivity index (χ0v) is 12.7. The van der Waals surface area contributed by atoms with Crippen LogP contribution in [0.15, 0.2) is 46.9 Å². The number of anilines is 1. The van der Waals surface area contributed by atoms with Gasteiger partial charge in [0.2, 0.25) is 0 Å². The number of nitrogens with one attached hydrogen (secondary N) is 1. The lowest BCUT2D eigenvalue weighted by atomic mass is 10.1. The molecule has 0 saturated carbocycles. The average Bonchev–Trinajstić information content (AvgIpc) is 2.48. The average molecular weight is 356 g/mol. The summed E-state index contributed by atoms with van der Waals surface area (Å²) in [7, 11) is 1.23. The second-order valence-corrected chi connectivity index (χ2v) is 5.11. The second kappa shape index (κ2) is 6.67. The summed E-state index contributed by atoms with van der Waals surface area (Å²) in [5.74, 6) is -1.54. The minimum Gasteiger partial charge on any atom is -0.467 e. The van der Waals surface area contributed by atoms with Gasteiger partial charge in [-0.25, -0.2) is 13.6 Å². The van der Waals surface area contributed by atoms with Crippen molar-refractivity contribution in [3.05, 3.63) is 64.1 Å². The third-order valence-electron chi connectivity index (χ3n) is 2.89. The van der Waals surface area contributed by atoms with Gasteiger partial charge in [0.15, 0.2) is 6.04 Å². The number of benzene rings is 2. The Hall–Kier alpha value is -1.95. The van der Waals surface area contributed by atoms with E-state index >= 15 is 0 Å². The maximum Gasteiger partial charge on any atom is 0.332 e. The van der Waals surface area contributed by atoms with Crippen LogP contribution in [0.3, 0.4) is 0 Å². The van der Waals surface area contributed by atoms with Crippen molar-refractivity contribution in [3.63, 3.8) is 0 Å². The Morgan fingerprint density at radius 1 is 1.19 bits per heavy atom. The SMILES string of the molecule is COC(=O)C(Nc1ccccc1F)c1ccc(F)c(Br)c1. The van der Waals surface area contributed by atoms with E-state index in [9.17, 15) is 13.6 Å². The Bertz CT molecular complexity index is 664. The monoisotopic (exact) mass is 355 g/mol. The van der Waals surface area contributed by atoms with Crippen molar-refractivity contribution in [1.29, 1.82) is 0 Å². The van der Waals surface area contributed by atoms with Crippen molar-refractivity contribution in [1.82, 2.24) is 0 Å². The Morgan fingerprint density at radius 3 is 2.52 bits per heavy atom. The molecular weight excluding hydrogens is 344 g/mol. The molecule has 0 fully saturated rings. The lowest BCUT2D eigenvalue weighted by Crippen LogP contribution is -2.23. The first kappa shape index (κ1) is 15.4. The van der Waals surface area contributed by atoms with E-state index in [-0.39, 0.29) is 10.2 Å². The van der Waals surface area contributed by atoms with Crippen LogP contribution < -0.4 is 5.32 Å². The van der Waals surface area contributed by atoms with E-state index < -0.39 is 23.6 Å². The lowest BCUT2D eigenvalue weighted by molar-refractivity contribution is -0.141. The molecule has 6 heteroatoms. The molecule has 1 N–H and O–H groups in total. The molecule has 3 nitrogen and oxygen atoms in total. The van der Waals surface area contributed by atoms with E-state index in [1.165, 1.54) is 37.4 Å². The van der Waals surface area contributed by atoms with E-state index in [1.807, 2.05) is 0 Å². The summed E-state index contributed by atoms with van der Waals surface area (Å²) in [4.78, 5) is 11.9. The second-order valence-electron chi connectivity index (χ2n) is 4.25. The minimum absolute atomic E-state index is 0.161. The highest BCUT2D eigenvalue weighted by Gasteiger charge is 2.23. The van der Waals surface area contributed by atoms with Crippen LogP contribution in [0.2, 0.25) is 0 Å². The third kappa shape index (κ3) is 3.58. The van der Waals surface area contributed by atoms with E-state index in [0.29, 0.717) is 5.56 Å². The zero-order valence-electron chi connectivity index (χ0n) is 11.1. The van der Waals surface area contributed by atoms with Gasteiger partial charge in [-0.3, -0.25) is 0 Å². The molecular formula is C15H12BrF2NO2. The van der Waals surface area contributed by atoms with Gasteiger partial charge in [-0.05, 0) is 45.8 Å². The van der Waals surface area contributed by atoms with Crippen molar-refractivity contribution in [3.8, 4) is 0 Å². The van der Waals surface area contributed by atoms with Crippen molar-refractivity contribution >= 4 is 27.6 Å².